The second kappa shape index (κ2) is 7.91. The number of rotatable bonds is 4. The van der Waals surface area contributed by atoms with Gasteiger partial charge in [-0.25, -0.2) is 9.66 Å². The van der Waals surface area contributed by atoms with Gasteiger partial charge in [0.2, 0.25) is 0 Å². The van der Waals surface area contributed by atoms with Crippen LogP contribution in [0.1, 0.15) is 24.4 Å². The summed E-state index contributed by atoms with van der Waals surface area (Å²) in [5.74, 6) is 0.566. The topological polar surface area (TPSA) is 67.4 Å². The fraction of sp³-hybridized carbons (Fsp3) is 0.333. The first kappa shape index (κ1) is 18.9. The number of hydrogen-bond donors (Lipinski definition) is 1. The van der Waals surface area contributed by atoms with Crippen molar-refractivity contribution in [2.45, 2.75) is 19.5 Å². The average molecular weight is 398 g/mol. The quantitative estimate of drug-likeness (QED) is 0.732. The van der Waals surface area contributed by atoms with Gasteiger partial charge in [-0.05, 0) is 24.6 Å². The zero-order chi connectivity index (χ0) is 19.7. The Morgan fingerprint density at radius 1 is 1.07 bits per heavy atom. The Morgan fingerprint density at radius 2 is 1.79 bits per heavy atom. The van der Waals surface area contributed by atoms with E-state index in [2.05, 4.69) is 34.1 Å². The van der Waals surface area contributed by atoms with Crippen molar-refractivity contribution in [2.75, 3.05) is 31.2 Å². The molecule has 0 unspecified atom stereocenters. The van der Waals surface area contributed by atoms with Gasteiger partial charge in [0.25, 0.3) is 5.56 Å². The summed E-state index contributed by atoms with van der Waals surface area (Å²) in [6, 6.07) is 15.4. The van der Waals surface area contributed by atoms with Crippen LogP contribution in [0.15, 0.2) is 53.3 Å². The molecule has 0 bridgehead atoms. The molecule has 1 aliphatic heterocycles. The number of benzene rings is 2. The first-order chi connectivity index (χ1) is 13.5. The molecule has 6 nitrogen and oxygen atoms in total. The third-order valence-electron chi connectivity index (χ3n) is 5.14. The van der Waals surface area contributed by atoms with Crippen LogP contribution in [0, 0.1) is 0 Å². The number of aromatic nitrogens is 2. The van der Waals surface area contributed by atoms with Crippen LogP contribution < -0.4 is 16.3 Å². The number of nitrogens with zero attached hydrogens (tertiary/aromatic N) is 4. The molecule has 0 saturated carbocycles. The molecule has 1 atom stereocenters. The lowest BCUT2D eigenvalue weighted by Gasteiger charge is -2.37. The van der Waals surface area contributed by atoms with Crippen LogP contribution in [0.5, 0.6) is 0 Å². The van der Waals surface area contributed by atoms with E-state index in [1.165, 1.54) is 5.56 Å². The second-order valence-corrected chi connectivity index (χ2v) is 7.63. The van der Waals surface area contributed by atoms with E-state index in [9.17, 15) is 4.79 Å². The lowest BCUT2D eigenvalue weighted by Crippen LogP contribution is -2.55. The minimum Gasteiger partial charge on any atom is -0.322 e. The minimum absolute atomic E-state index is 0.153. The first-order valence-corrected chi connectivity index (χ1v) is 9.90. The highest BCUT2D eigenvalue weighted by molar-refractivity contribution is 6.35. The molecular formula is C21H24ClN5O. The molecule has 0 aliphatic carbocycles. The third-order valence-corrected chi connectivity index (χ3v) is 5.45. The summed E-state index contributed by atoms with van der Waals surface area (Å²) in [5, 5.41) is 2.90. The normalized spacial score (nSPS) is 16.5. The van der Waals surface area contributed by atoms with Crippen molar-refractivity contribution in [3.8, 4) is 0 Å². The number of fused-ring (bicyclic) bond motifs is 1. The van der Waals surface area contributed by atoms with Gasteiger partial charge < -0.3 is 10.7 Å². The molecule has 0 amide bonds. The van der Waals surface area contributed by atoms with Crippen LogP contribution in [-0.2, 0) is 6.54 Å². The zero-order valence-electron chi connectivity index (χ0n) is 15.9. The van der Waals surface area contributed by atoms with Crippen LogP contribution in [0.3, 0.4) is 0 Å². The summed E-state index contributed by atoms with van der Waals surface area (Å²) < 4.78 is 1.64. The Morgan fingerprint density at radius 3 is 2.46 bits per heavy atom. The highest BCUT2D eigenvalue weighted by Crippen LogP contribution is 2.20. The first-order valence-electron chi connectivity index (χ1n) is 9.53. The molecule has 3 aromatic rings. The molecule has 1 aromatic heterocycles. The van der Waals surface area contributed by atoms with Crippen molar-refractivity contribution in [2.24, 2.45) is 5.73 Å². The summed E-state index contributed by atoms with van der Waals surface area (Å²) in [7, 11) is 0. The predicted molar refractivity (Wildman–Crippen MR) is 113 cm³/mol. The molecule has 1 aliphatic rings. The molecule has 0 spiro atoms. The van der Waals surface area contributed by atoms with E-state index in [-0.39, 0.29) is 11.6 Å². The van der Waals surface area contributed by atoms with Gasteiger partial charge in [-0.2, -0.15) is 0 Å². The lowest BCUT2D eigenvalue weighted by molar-refractivity contribution is 0.229. The summed E-state index contributed by atoms with van der Waals surface area (Å²) in [5.41, 5.74) is 7.88. The van der Waals surface area contributed by atoms with E-state index in [0.29, 0.717) is 21.7 Å². The molecule has 1 fully saturated rings. The van der Waals surface area contributed by atoms with Crippen LogP contribution in [0.2, 0.25) is 5.02 Å². The number of hydrogen-bond acceptors (Lipinski definition) is 5. The lowest BCUT2D eigenvalue weighted by atomic mass is 10.2. The highest BCUT2D eigenvalue weighted by atomic mass is 35.5. The molecule has 2 heterocycles. The monoisotopic (exact) mass is 397 g/mol. The average Bonchev–Trinajstić information content (AvgIpc) is 2.69. The zero-order valence-corrected chi connectivity index (χ0v) is 16.6. The van der Waals surface area contributed by atoms with Crippen molar-refractivity contribution >= 4 is 22.5 Å². The van der Waals surface area contributed by atoms with Gasteiger partial charge in [0.1, 0.15) is 5.82 Å². The molecule has 0 radical (unpaired) electrons. The van der Waals surface area contributed by atoms with Gasteiger partial charge >= 0.3 is 0 Å². The summed E-state index contributed by atoms with van der Waals surface area (Å²) in [4.78, 5) is 20.3. The van der Waals surface area contributed by atoms with Crippen molar-refractivity contribution in [3.63, 3.8) is 0 Å². The fourth-order valence-electron chi connectivity index (χ4n) is 3.70. The molecule has 2 N–H and O–H groups in total. The highest BCUT2D eigenvalue weighted by Gasteiger charge is 2.24. The van der Waals surface area contributed by atoms with Crippen molar-refractivity contribution in [3.05, 3.63) is 75.3 Å². The Bertz CT molecular complexity index is 1030. The Labute approximate surface area is 169 Å². The summed E-state index contributed by atoms with van der Waals surface area (Å²) in [6.07, 6.45) is 0. The van der Waals surface area contributed by atoms with E-state index in [1.807, 2.05) is 18.0 Å². The Balaban J connectivity index is 1.62. The Kier molecular flexibility index (Phi) is 5.35. The van der Waals surface area contributed by atoms with Crippen LogP contribution in [0.25, 0.3) is 10.9 Å². The molecule has 1 saturated heterocycles. The SMILES string of the molecule is C[C@H](N)c1nc2cccc(Cl)c2c(=O)n1N1CCN(Cc2ccccc2)CC1. The van der Waals surface area contributed by atoms with Crippen LogP contribution >= 0.6 is 11.6 Å². The van der Waals surface area contributed by atoms with E-state index in [1.54, 1.807) is 22.9 Å². The van der Waals surface area contributed by atoms with Crippen molar-refractivity contribution < 1.29 is 0 Å². The fourth-order valence-corrected chi connectivity index (χ4v) is 3.95. The molecular weight excluding hydrogens is 374 g/mol. The van der Waals surface area contributed by atoms with Gasteiger partial charge in [-0.1, -0.05) is 48.0 Å². The molecule has 2 aromatic carbocycles. The van der Waals surface area contributed by atoms with E-state index in [4.69, 9.17) is 17.3 Å². The maximum atomic E-state index is 13.3. The number of nitrogens with two attached hydrogens (primary N) is 1. The molecule has 4 rings (SSSR count). The van der Waals surface area contributed by atoms with Gasteiger partial charge in [0.15, 0.2) is 0 Å². The number of piperazine rings is 1. The standard InChI is InChI=1S/C21H24ClN5O/c1-15(23)20-24-18-9-5-8-17(22)19(18)21(28)27(20)26-12-10-25(11-13-26)14-16-6-3-2-4-7-16/h2-9,15H,10-14,23H2,1H3/t15-/m0/s1. The van der Waals surface area contributed by atoms with E-state index in [0.717, 1.165) is 32.7 Å². The van der Waals surface area contributed by atoms with Crippen LogP contribution in [-0.4, -0.2) is 40.7 Å². The van der Waals surface area contributed by atoms with E-state index < -0.39 is 0 Å². The second-order valence-electron chi connectivity index (χ2n) is 7.23. The largest absolute Gasteiger partial charge is 0.322 e. The smallest absolute Gasteiger partial charge is 0.281 e. The maximum absolute atomic E-state index is 13.3. The predicted octanol–water partition coefficient (Wildman–Crippen LogP) is 2.52. The number of halogens is 1. The van der Waals surface area contributed by atoms with Crippen molar-refractivity contribution in [1.82, 2.24) is 14.6 Å². The van der Waals surface area contributed by atoms with Gasteiger partial charge in [-0.15, -0.1) is 0 Å². The maximum Gasteiger partial charge on any atom is 0.281 e. The van der Waals surface area contributed by atoms with Crippen LogP contribution in [0.4, 0.5) is 0 Å². The summed E-state index contributed by atoms with van der Waals surface area (Å²) >= 11 is 6.31. The van der Waals surface area contributed by atoms with Gasteiger partial charge in [-0.3, -0.25) is 9.69 Å². The summed E-state index contributed by atoms with van der Waals surface area (Å²) in [6.45, 7) is 5.93. The Hall–Kier alpha value is -2.41. The van der Waals surface area contributed by atoms with Crippen molar-refractivity contribution in [1.29, 1.82) is 0 Å². The van der Waals surface area contributed by atoms with Gasteiger partial charge in [0.05, 0.1) is 22.0 Å². The molecule has 146 valence electrons. The van der Waals surface area contributed by atoms with E-state index >= 15 is 0 Å². The third kappa shape index (κ3) is 3.63. The minimum atomic E-state index is -0.363. The molecule has 7 heteroatoms. The molecule has 28 heavy (non-hydrogen) atoms. The van der Waals surface area contributed by atoms with Gasteiger partial charge in [0, 0.05) is 32.7 Å².